The maximum Gasteiger partial charge on any atom is 0.303 e. The number of aliphatic hydroxyl groups excluding tert-OH is 1. The van der Waals surface area contributed by atoms with E-state index < -0.39 is 12.1 Å². The standard InChI is InChI=1S/C14H19NO4/c16-12(4-6-14(17)18)9-15-11-3-5-13-10(8-11)2-1-7-19-13/h3,5,8,12,15-16H,1-2,4,6-7,9H2,(H,17,18). The first kappa shape index (κ1) is 13.7. The van der Waals surface area contributed by atoms with Crippen LogP contribution >= 0.6 is 0 Å². The van der Waals surface area contributed by atoms with Gasteiger partial charge in [-0.2, -0.15) is 0 Å². The molecule has 0 spiro atoms. The molecule has 104 valence electrons. The minimum Gasteiger partial charge on any atom is -0.493 e. The van der Waals surface area contributed by atoms with Gasteiger partial charge in [0, 0.05) is 18.7 Å². The number of nitrogens with one attached hydrogen (secondary N) is 1. The molecule has 1 aliphatic rings. The van der Waals surface area contributed by atoms with Crippen molar-refractivity contribution in [1.29, 1.82) is 0 Å². The van der Waals surface area contributed by atoms with E-state index in [1.165, 1.54) is 5.56 Å². The Morgan fingerprint density at radius 3 is 3.11 bits per heavy atom. The molecule has 1 atom stereocenters. The third-order valence-electron chi connectivity index (χ3n) is 3.14. The Morgan fingerprint density at radius 1 is 1.47 bits per heavy atom. The monoisotopic (exact) mass is 265 g/mol. The fourth-order valence-electron chi connectivity index (χ4n) is 2.10. The normalized spacial score (nSPS) is 15.2. The third-order valence-corrected chi connectivity index (χ3v) is 3.14. The predicted octanol–water partition coefficient (Wildman–Crippen LogP) is 1.65. The van der Waals surface area contributed by atoms with Crippen molar-refractivity contribution in [2.45, 2.75) is 31.8 Å². The molecule has 1 aromatic carbocycles. The molecule has 1 unspecified atom stereocenters. The summed E-state index contributed by atoms with van der Waals surface area (Å²) in [6.07, 6.45) is 1.63. The number of aliphatic hydroxyl groups is 1. The average Bonchev–Trinajstić information content (AvgIpc) is 2.42. The average molecular weight is 265 g/mol. The van der Waals surface area contributed by atoms with E-state index in [9.17, 15) is 9.90 Å². The van der Waals surface area contributed by atoms with Gasteiger partial charge in [0.05, 0.1) is 12.7 Å². The number of fused-ring (bicyclic) bond motifs is 1. The number of carboxylic acid groups (broad SMARTS) is 1. The van der Waals surface area contributed by atoms with E-state index in [1.54, 1.807) is 0 Å². The molecule has 5 nitrogen and oxygen atoms in total. The number of anilines is 1. The van der Waals surface area contributed by atoms with Gasteiger partial charge >= 0.3 is 5.97 Å². The lowest BCUT2D eigenvalue weighted by atomic mass is 10.1. The molecule has 5 heteroatoms. The fourth-order valence-corrected chi connectivity index (χ4v) is 2.10. The van der Waals surface area contributed by atoms with Crippen LogP contribution in [0.2, 0.25) is 0 Å². The number of carboxylic acids is 1. The quantitative estimate of drug-likeness (QED) is 0.729. The van der Waals surface area contributed by atoms with Crippen LogP contribution in [-0.4, -0.2) is 35.4 Å². The van der Waals surface area contributed by atoms with Gasteiger partial charge in [-0.1, -0.05) is 0 Å². The summed E-state index contributed by atoms with van der Waals surface area (Å²) in [5.74, 6) is 0.0493. The molecular formula is C14H19NO4. The van der Waals surface area contributed by atoms with E-state index in [1.807, 2.05) is 18.2 Å². The van der Waals surface area contributed by atoms with Crippen LogP contribution in [0.25, 0.3) is 0 Å². The van der Waals surface area contributed by atoms with Crippen molar-refractivity contribution in [2.24, 2.45) is 0 Å². The van der Waals surface area contributed by atoms with Gasteiger partial charge in [0.15, 0.2) is 0 Å². The van der Waals surface area contributed by atoms with Gasteiger partial charge in [0.25, 0.3) is 0 Å². The largest absolute Gasteiger partial charge is 0.493 e. The molecular weight excluding hydrogens is 246 g/mol. The van der Waals surface area contributed by atoms with E-state index in [0.29, 0.717) is 6.54 Å². The second-order valence-electron chi connectivity index (χ2n) is 4.74. The van der Waals surface area contributed by atoms with E-state index in [-0.39, 0.29) is 12.8 Å². The van der Waals surface area contributed by atoms with Gasteiger partial charge in [-0.05, 0) is 43.0 Å². The van der Waals surface area contributed by atoms with Gasteiger partial charge in [0.2, 0.25) is 0 Å². The van der Waals surface area contributed by atoms with Crippen molar-refractivity contribution in [3.8, 4) is 5.75 Å². The Kier molecular flexibility index (Phi) is 4.63. The molecule has 0 saturated heterocycles. The highest BCUT2D eigenvalue weighted by molar-refractivity contribution is 5.66. The molecule has 0 amide bonds. The number of carbonyl (C=O) groups is 1. The minimum absolute atomic E-state index is 0.0130. The van der Waals surface area contributed by atoms with Gasteiger partial charge in [-0.3, -0.25) is 4.79 Å². The molecule has 1 heterocycles. The Balaban J connectivity index is 1.84. The van der Waals surface area contributed by atoms with Crippen LogP contribution < -0.4 is 10.1 Å². The molecule has 1 aromatic rings. The first-order valence-corrected chi connectivity index (χ1v) is 6.54. The Labute approximate surface area is 112 Å². The smallest absolute Gasteiger partial charge is 0.303 e. The van der Waals surface area contributed by atoms with Crippen molar-refractivity contribution in [2.75, 3.05) is 18.5 Å². The summed E-state index contributed by atoms with van der Waals surface area (Å²) in [7, 11) is 0. The van der Waals surface area contributed by atoms with Crippen molar-refractivity contribution >= 4 is 11.7 Å². The maximum atomic E-state index is 10.4. The first-order chi connectivity index (χ1) is 9.15. The number of hydrogen-bond acceptors (Lipinski definition) is 4. The number of hydrogen-bond donors (Lipinski definition) is 3. The van der Waals surface area contributed by atoms with Crippen molar-refractivity contribution in [1.82, 2.24) is 0 Å². The number of rotatable bonds is 6. The SMILES string of the molecule is O=C(O)CCC(O)CNc1ccc2c(c1)CCCO2. The Morgan fingerprint density at radius 2 is 2.32 bits per heavy atom. The Bertz CT molecular complexity index is 447. The van der Waals surface area contributed by atoms with Crippen molar-refractivity contribution in [3.05, 3.63) is 23.8 Å². The summed E-state index contributed by atoms with van der Waals surface area (Å²) in [6, 6.07) is 5.87. The topological polar surface area (TPSA) is 78.8 Å². The van der Waals surface area contributed by atoms with Crippen molar-refractivity contribution < 1.29 is 19.7 Å². The number of aryl methyl sites for hydroxylation is 1. The molecule has 0 radical (unpaired) electrons. The second kappa shape index (κ2) is 6.43. The van der Waals surface area contributed by atoms with Crippen LogP contribution in [0.4, 0.5) is 5.69 Å². The highest BCUT2D eigenvalue weighted by atomic mass is 16.5. The molecule has 0 fully saturated rings. The minimum atomic E-state index is -0.884. The van der Waals surface area contributed by atoms with Crippen LogP contribution in [0.3, 0.4) is 0 Å². The summed E-state index contributed by atoms with van der Waals surface area (Å²) in [6.45, 7) is 1.13. The first-order valence-electron chi connectivity index (χ1n) is 6.54. The summed E-state index contributed by atoms with van der Waals surface area (Å²) in [4.78, 5) is 10.4. The molecule has 0 aliphatic carbocycles. The molecule has 2 rings (SSSR count). The number of ether oxygens (including phenoxy) is 1. The lowest BCUT2D eigenvalue weighted by molar-refractivity contribution is -0.137. The zero-order chi connectivity index (χ0) is 13.7. The van der Waals surface area contributed by atoms with Crippen LogP contribution in [0, 0.1) is 0 Å². The lowest BCUT2D eigenvalue weighted by Gasteiger charge is -2.19. The van der Waals surface area contributed by atoms with Crippen LogP contribution in [-0.2, 0) is 11.2 Å². The van der Waals surface area contributed by atoms with E-state index in [0.717, 1.165) is 30.9 Å². The molecule has 3 N–H and O–H groups in total. The number of benzene rings is 1. The maximum absolute atomic E-state index is 10.4. The van der Waals surface area contributed by atoms with E-state index >= 15 is 0 Å². The van der Waals surface area contributed by atoms with Crippen LogP contribution in [0.15, 0.2) is 18.2 Å². The summed E-state index contributed by atoms with van der Waals surface area (Å²) in [5.41, 5.74) is 2.11. The second-order valence-corrected chi connectivity index (χ2v) is 4.74. The lowest BCUT2D eigenvalue weighted by Crippen LogP contribution is -2.20. The van der Waals surface area contributed by atoms with Gasteiger partial charge in [-0.25, -0.2) is 0 Å². The van der Waals surface area contributed by atoms with Crippen LogP contribution in [0.1, 0.15) is 24.8 Å². The molecule has 0 aromatic heterocycles. The van der Waals surface area contributed by atoms with E-state index in [4.69, 9.17) is 9.84 Å². The summed E-state index contributed by atoms with van der Waals surface area (Å²) >= 11 is 0. The van der Waals surface area contributed by atoms with Gasteiger partial charge < -0.3 is 20.3 Å². The fraction of sp³-hybridized carbons (Fsp3) is 0.500. The number of aliphatic carboxylic acids is 1. The van der Waals surface area contributed by atoms with Crippen molar-refractivity contribution in [3.63, 3.8) is 0 Å². The third kappa shape index (κ3) is 4.13. The summed E-state index contributed by atoms with van der Waals surface area (Å²) < 4.78 is 5.53. The van der Waals surface area contributed by atoms with E-state index in [2.05, 4.69) is 5.32 Å². The molecule has 1 aliphatic heterocycles. The summed E-state index contributed by atoms with van der Waals surface area (Å²) in [5, 5.41) is 21.3. The van der Waals surface area contributed by atoms with Crippen LogP contribution in [0.5, 0.6) is 5.75 Å². The predicted molar refractivity (Wildman–Crippen MR) is 71.6 cm³/mol. The van der Waals surface area contributed by atoms with Gasteiger partial charge in [0.1, 0.15) is 5.75 Å². The molecule has 19 heavy (non-hydrogen) atoms. The zero-order valence-corrected chi connectivity index (χ0v) is 10.8. The highest BCUT2D eigenvalue weighted by Gasteiger charge is 2.11. The van der Waals surface area contributed by atoms with Gasteiger partial charge in [-0.15, -0.1) is 0 Å². The highest BCUT2D eigenvalue weighted by Crippen LogP contribution is 2.27. The zero-order valence-electron chi connectivity index (χ0n) is 10.8. The molecule has 0 bridgehead atoms. The Hall–Kier alpha value is -1.75. The molecule has 0 saturated carbocycles.